The van der Waals surface area contributed by atoms with Crippen LogP contribution >= 0.6 is 0 Å². The topological polar surface area (TPSA) is 43.8 Å². The fourth-order valence-electron chi connectivity index (χ4n) is 3.66. The predicted molar refractivity (Wildman–Crippen MR) is 84.9 cm³/mol. The van der Waals surface area contributed by atoms with E-state index in [2.05, 4.69) is 18.1 Å². The molecule has 4 nitrogen and oxygen atoms in total. The van der Waals surface area contributed by atoms with Crippen molar-refractivity contribution in [3.8, 4) is 0 Å². The first-order valence-electron chi connectivity index (χ1n) is 8.03. The van der Waals surface area contributed by atoms with Crippen molar-refractivity contribution in [3.63, 3.8) is 0 Å². The van der Waals surface area contributed by atoms with Crippen LogP contribution in [0.1, 0.15) is 32.1 Å². The molecule has 0 spiro atoms. The third kappa shape index (κ3) is 3.95. The van der Waals surface area contributed by atoms with Gasteiger partial charge in [-0.15, -0.1) is 13.2 Å². The molecular weight excluding hydrogens is 264 g/mol. The molecule has 2 aliphatic rings. The second-order valence-electron chi connectivity index (χ2n) is 6.41. The molecule has 2 fully saturated rings. The van der Waals surface area contributed by atoms with Gasteiger partial charge in [0.1, 0.15) is 0 Å². The molecule has 1 saturated carbocycles. The SMILES string of the molecule is C=CCN(CC=C)C(=O)CN1CCC2(O)CCCCC2C1. The molecule has 0 aromatic carbocycles. The fourth-order valence-corrected chi connectivity index (χ4v) is 3.66. The van der Waals surface area contributed by atoms with Gasteiger partial charge in [0.15, 0.2) is 0 Å². The minimum absolute atomic E-state index is 0.121. The van der Waals surface area contributed by atoms with E-state index in [0.717, 1.165) is 38.8 Å². The van der Waals surface area contributed by atoms with Crippen molar-refractivity contribution >= 4 is 5.91 Å². The van der Waals surface area contributed by atoms with E-state index in [4.69, 9.17) is 0 Å². The summed E-state index contributed by atoms with van der Waals surface area (Å²) >= 11 is 0. The summed E-state index contributed by atoms with van der Waals surface area (Å²) in [4.78, 5) is 16.3. The number of amides is 1. The Morgan fingerprint density at radius 1 is 1.29 bits per heavy atom. The summed E-state index contributed by atoms with van der Waals surface area (Å²) in [5.41, 5.74) is -0.473. The van der Waals surface area contributed by atoms with Gasteiger partial charge in [0.25, 0.3) is 0 Å². The van der Waals surface area contributed by atoms with Gasteiger partial charge in [-0.05, 0) is 19.3 Å². The average Bonchev–Trinajstić information content (AvgIpc) is 2.47. The molecule has 21 heavy (non-hydrogen) atoms. The van der Waals surface area contributed by atoms with Crippen molar-refractivity contribution in [1.82, 2.24) is 9.80 Å². The molecule has 1 aliphatic heterocycles. The monoisotopic (exact) mass is 292 g/mol. The molecule has 0 radical (unpaired) electrons. The van der Waals surface area contributed by atoms with Crippen LogP contribution in [0.25, 0.3) is 0 Å². The van der Waals surface area contributed by atoms with Gasteiger partial charge in [-0.3, -0.25) is 9.69 Å². The summed E-state index contributed by atoms with van der Waals surface area (Å²) in [6.07, 6.45) is 8.65. The van der Waals surface area contributed by atoms with Gasteiger partial charge < -0.3 is 10.0 Å². The van der Waals surface area contributed by atoms with Crippen LogP contribution in [0.2, 0.25) is 0 Å². The lowest BCUT2D eigenvalue weighted by Gasteiger charge is -2.47. The number of carbonyl (C=O) groups excluding carboxylic acids is 1. The Balaban J connectivity index is 1.90. The van der Waals surface area contributed by atoms with Crippen LogP contribution in [0.3, 0.4) is 0 Å². The molecule has 0 aromatic rings. The van der Waals surface area contributed by atoms with Crippen molar-refractivity contribution in [3.05, 3.63) is 25.3 Å². The van der Waals surface area contributed by atoms with Gasteiger partial charge in [0.05, 0.1) is 12.1 Å². The number of likely N-dealkylation sites (tertiary alicyclic amines) is 1. The first kappa shape index (κ1) is 16.2. The number of carbonyl (C=O) groups is 1. The zero-order chi connectivity index (χ0) is 15.3. The molecule has 4 heteroatoms. The zero-order valence-electron chi connectivity index (χ0n) is 13.0. The normalized spacial score (nSPS) is 29.5. The molecule has 2 rings (SSSR count). The number of hydrogen-bond donors (Lipinski definition) is 1. The quantitative estimate of drug-likeness (QED) is 0.759. The van der Waals surface area contributed by atoms with Crippen LogP contribution in [0.15, 0.2) is 25.3 Å². The van der Waals surface area contributed by atoms with Gasteiger partial charge in [0, 0.05) is 32.1 Å². The number of nitrogens with zero attached hydrogens (tertiary/aromatic N) is 2. The molecule has 118 valence electrons. The highest BCUT2D eigenvalue weighted by Gasteiger charge is 2.42. The molecule has 1 heterocycles. The maximum atomic E-state index is 12.4. The van der Waals surface area contributed by atoms with Crippen LogP contribution in [0, 0.1) is 5.92 Å². The Hall–Kier alpha value is -1.13. The van der Waals surface area contributed by atoms with E-state index < -0.39 is 5.60 Å². The van der Waals surface area contributed by atoms with E-state index in [1.807, 2.05) is 0 Å². The third-order valence-corrected chi connectivity index (χ3v) is 4.92. The van der Waals surface area contributed by atoms with E-state index in [1.54, 1.807) is 17.1 Å². The van der Waals surface area contributed by atoms with Crippen molar-refractivity contribution < 1.29 is 9.90 Å². The highest BCUT2D eigenvalue weighted by molar-refractivity contribution is 5.78. The maximum Gasteiger partial charge on any atom is 0.237 e. The molecule has 1 N–H and O–H groups in total. The molecular formula is C17H28N2O2. The Morgan fingerprint density at radius 3 is 2.67 bits per heavy atom. The van der Waals surface area contributed by atoms with Crippen LogP contribution in [-0.2, 0) is 4.79 Å². The molecule has 0 bridgehead atoms. The number of rotatable bonds is 6. The standard InChI is InChI=1S/C17H28N2O2/c1-3-10-19(11-4-2)16(20)14-18-12-9-17(21)8-6-5-7-15(17)13-18/h3-4,15,21H,1-2,5-14H2. The summed E-state index contributed by atoms with van der Waals surface area (Å²) in [5, 5.41) is 10.7. The van der Waals surface area contributed by atoms with E-state index in [-0.39, 0.29) is 5.91 Å². The minimum atomic E-state index is -0.473. The first-order chi connectivity index (χ1) is 10.1. The van der Waals surface area contributed by atoms with Crippen molar-refractivity contribution in [2.45, 2.75) is 37.7 Å². The van der Waals surface area contributed by atoms with Crippen molar-refractivity contribution in [1.29, 1.82) is 0 Å². The second kappa shape index (κ2) is 7.23. The summed E-state index contributed by atoms with van der Waals surface area (Å²) < 4.78 is 0. The van der Waals surface area contributed by atoms with Gasteiger partial charge in [-0.2, -0.15) is 0 Å². The molecule has 1 aliphatic carbocycles. The highest BCUT2D eigenvalue weighted by Crippen LogP contribution is 2.39. The van der Waals surface area contributed by atoms with E-state index in [9.17, 15) is 9.90 Å². The van der Waals surface area contributed by atoms with Crippen molar-refractivity contribution in [2.75, 3.05) is 32.7 Å². The van der Waals surface area contributed by atoms with Gasteiger partial charge >= 0.3 is 0 Å². The Bertz CT molecular complexity index is 386. The van der Waals surface area contributed by atoms with Crippen LogP contribution in [-0.4, -0.2) is 59.1 Å². The predicted octanol–water partition coefficient (Wildman–Crippen LogP) is 1.81. The lowest BCUT2D eigenvalue weighted by atomic mass is 9.71. The summed E-state index contributed by atoms with van der Waals surface area (Å²) in [5.74, 6) is 0.455. The largest absolute Gasteiger partial charge is 0.390 e. The average molecular weight is 292 g/mol. The Labute approximate surface area is 128 Å². The highest BCUT2D eigenvalue weighted by atomic mass is 16.3. The number of aliphatic hydroxyl groups is 1. The molecule has 2 unspecified atom stereocenters. The van der Waals surface area contributed by atoms with E-state index in [1.165, 1.54) is 6.42 Å². The van der Waals surface area contributed by atoms with Crippen molar-refractivity contribution in [2.24, 2.45) is 5.92 Å². The lowest BCUT2D eigenvalue weighted by Crippen LogP contribution is -2.55. The summed E-state index contributed by atoms with van der Waals surface area (Å²) in [6.45, 7) is 10.6. The van der Waals surface area contributed by atoms with Gasteiger partial charge in [0.2, 0.25) is 5.91 Å². The van der Waals surface area contributed by atoms with E-state index >= 15 is 0 Å². The van der Waals surface area contributed by atoms with Gasteiger partial charge in [-0.1, -0.05) is 25.0 Å². The molecule has 0 aromatic heterocycles. The minimum Gasteiger partial charge on any atom is -0.390 e. The number of piperidine rings is 1. The first-order valence-corrected chi connectivity index (χ1v) is 8.03. The van der Waals surface area contributed by atoms with Crippen LogP contribution in [0.4, 0.5) is 0 Å². The number of fused-ring (bicyclic) bond motifs is 1. The van der Waals surface area contributed by atoms with Crippen LogP contribution in [0.5, 0.6) is 0 Å². The second-order valence-corrected chi connectivity index (χ2v) is 6.41. The summed E-state index contributed by atoms with van der Waals surface area (Å²) in [7, 11) is 0. The molecule has 1 amide bonds. The number of hydrogen-bond acceptors (Lipinski definition) is 3. The van der Waals surface area contributed by atoms with Gasteiger partial charge in [-0.25, -0.2) is 0 Å². The molecule has 2 atom stereocenters. The Morgan fingerprint density at radius 2 is 2.00 bits per heavy atom. The lowest BCUT2D eigenvalue weighted by molar-refractivity contribution is -0.135. The maximum absolute atomic E-state index is 12.4. The molecule has 1 saturated heterocycles. The summed E-state index contributed by atoms with van der Waals surface area (Å²) in [6, 6.07) is 0. The van der Waals surface area contributed by atoms with Crippen LogP contribution < -0.4 is 0 Å². The zero-order valence-corrected chi connectivity index (χ0v) is 13.0. The smallest absolute Gasteiger partial charge is 0.237 e. The third-order valence-electron chi connectivity index (χ3n) is 4.92. The van der Waals surface area contributed by atoms with E-state index in [0.29, 0.717) is 25.6 Å². The Kier molecular flexibility index (Phi) is 5.59. The fraction of sp³-hybridized carbons (Fsp3) is 0.706.